The average molecular weight is 439 g/mol. The number of hydrogen-bond donors (Lipinski definition) is 1. The zero-order chi connectivity index (χ0) is 21.6. The largest absolute Gasteiger partial charge is 0.454 e. The smallest absolute Gasteiger partial charge is 0.435 e. The molecule has 1 aromatic carbocycles. The van der Waals surface area contributed by atoms with Gasteiger partial charge in [-0.15, -0.1) is 0 Å². The molecule has 3 aromatic rings. The van der Waals surface area contributed by atoms with Gasteiger partial charge in [-0.3, -0.25) is 4.79 Å². The van der Waals surface area contributed by atoms with E-state index in [-0.39, 0.29) is 23.3 Å². The van der Waals surface area contributed by atoms with Crippen molar-refractivity contribution in [2.45, 2.75) is 20.0 Å². The predicted molar refractivity (Wildman–Crippen MR) is 101 cm³/mol. The third-order valence-electron chi connectivity index (χ3n) is 4.51. The first-order valence-electron chi connectivity index (χ1n) is 8.66. The minimum absolute atomic E-state index is 0.0406. The van der Waals surface area contributed by atoms with Crippen LogP contribution in [0, 0.1) is 13.8 Å². The number of aromatic nitrogens is 3. The second-order valence-electron chi connectivity index (χ2n) is 6.51. The number of carbonyl (C=O) groups is 1. The summed E-state index contributed by atoms with van der Waals surface area (Å²) >= 11 is 6.07. The maximum Gasteiger partial charge on any atom is 0.435 e. The number of nitrogens with zero attached hydrogens (tertiary/aromatic N) is 3. The molecule has 4 rings (SSSR count). The number of anilines is 1. The summed E-state index contributed by atoms with van der Waals surface area (Å²) in [6.45, 7) is 3.50. The van der Waals surface area contributed by atoms with E-state index in [9.17, 15) is 18.0 Å². The summed E-state index contributed by atoms with van der Waals surface area (Å²) in [6, 6.07) is 5.28. The summed E-state index contributed by atoms with van der Waals surface area (Å²) in [5, 5.41) is 6.20. The molecule has 3 heterocycles. The molecule has 2 aromatic heterocycles. The fraction of sp³-hybridized carbons (Fsp3) is 0.211. The molecule has 0 radical (unpaired) electrons. The molecule has 11 heteroatoms. The number of carbonyl (C=O) groups excluding carboxylic acids is 1. The molecule has 0 fully saturated rings. The lowest BCUT2D eigenvalue weighted by molar-refractivity contribution is -0.141. The number of halogens is 4. The summed E-state index contributed by atoms with van der Waals surface area (Å²) < 4.78 is 51.3. The monoisotopic (exact) mass is 438 g/mol. The first kappa shape index (κ1) is 20.0. The quantitative estimate of drug-likeness (QED) is 0.649. The van der Waals surface area contributed by atoms with E-state index in [4.69, 9.17) is 21.1 Å². The highest BCUT2D eigenvalue weighted by Gasteiger charge is 2.37. The average Bonchev–Trinajstić information content (AvgIpc) is 3.32. The van der Waals surface area contributed by atoms with Crippen LogP contribution in [0.25, 0.3) is 5.82 Å². The third kappa shape index (κ3) is 3.43. The number of aryl methyl sites for hydroxylation is 1. The molecule has 1 aliphatic rings. The van der Waals surface area contributed by atoms with Crippen LogP contribution in [0.5, 0.6) is 11.5 Å². The molecule has 156 valence electrons. The van der Waals surface area contributed by atoms with Crippen LogP contribution in [-0.2, 0) is 6.18 Å². The number of amides is 1. The Morgan fingerprint density at radius 1 is 1.27 bits per heavy atom. The van der Waals surface area contributed by atoms with Crippen LogP contribution in [0.15, 0.2) is 30.5 Å². The Morgan fingerprint density at radius 2 is 2.03 bits per heavy atom. The van der Waals surface area contributed by atoms with Gasteiger partial charge in [0.1, 0.15) is 5.69 Å². The lowest BCUT2D eigenvalue weighted by Crippen LogP contribution is -2.19. The van der Waals surface area contributed by atoms with Gasteiger partial charge in [0, 0.05) is 17.8 Å². The number of pyridine rings is 1. The molecule has 0 unspecified atom stereocenters. The SMILES string of the molecule is Cc1cc2c(c(C)c1NC(=O)c1cc(C(F)(F)F)nn1-c1ncccc1Cl)OCO2. The van der Waals surface area contributed by atoms with Crippen LogP contribution in [0.3, 0.4) is 0 Å². The maximum absolute atomic E-state index is 13.3. The third-order valence-corrected chi connectivity index (χ3v) is 4.80. The van der Waals surface area contributed by atoms with Crippen molar-refractivity contribution >= 4 is 23.2 Å². The Kier molecular flexibility index (Phi) is 4.81. The van der Waals surface area contributed by atoms with Crippen molar-refractivity contribution in [3.8, 4) is 17.3 Å². The van der Waals surface area contributed by atoms with E-state index < -0.39 is 17.8 Å². The van der Waals surface area contributed by atoms with Gasteiger partial charge in [0.15, 0.2) is 23.0 Å². The summed E-state index contributed by atoms with van der Waals surface area (Å²) in [5.74, 6) is 0.0876. The highest BCUT2D eigenvalue weighted by molar-refractivity contribution is 6.32. The molecule has 7 nitrogen and oxygen atoms in total. The Bertz CT molecular complexity index is 1160. The van der Waals surface area contributed by atoms with Crippen molar-refractivity contribution in [2.75, 3.05) is 12.1 Å². The second-order valence-corrected chi connectivity index (χ2v) is 6.92. The van der Waals surface area contributed by atoms with Crippen LogP contribution in [0.2, 0.25) is 5.02 Å². The van der Waals surface area contributed by atoms with Crippen molar-refractivity contribution in [3.63, 3.8) is 0 Å². The van der Waals surface area contributed by atoms with Gasteiger partial charge >= 0.3 is 6.18 Å². The highest BCUT2D eigenvalue weighted by Crippen LogP contribution is 2.41. The number of hydrogen-bond acceptors (Lipinski definition) is 5. The standard InChI is InChI=1S/C19H14ClF3N4O3/c1-9-6-13-16(30-8-29-13)10(2)15(9)25-18(28)12-7-14(19(21,22)23)26-27(12)17-11(20)4-3-5-24-17/h3-7H,8H2,1-2H3,(H,25,28). The predicted octanol–water partition coefficient (Wildman–Crippen LogP) is 4.54. The molecule has 1 N–H and O–H groups in total. The van der Waals surface area contributed by atoms with E-state index in [0.29, 0.717) is 34.4 Å². The normalized spacial score (nSPS) is 12.9. The molecule has 0 atom stereocenters. The molecular weight excluding hydrogens is 425 g/mol. The molecule has 0 aliphatic carbocycles. The van der Waals surface area contributed by atoms with E-state index in [1.165, 1.54) is 18.3 Å². The molecule has 0 spiro atoms. The van der Waals surface area contributed by atoms with Gasteiger partial charge < -0.3 is 14.8 Å². The topological polar surface area (TPSA) is 78.3 Å². The number of fused-ring (bicyclic) bond motifs is 1. The molecular formula is C19H14ClF3N4O3. The second kappa shape index (κ2) is 7.21. The van der Waals surface area contributed by atoms with Gasteiger partial charge in [0.25, 0.3) is 5.91 Å². The summed E-state index contributed by atoms with van der Waals surface area (Å²) in [5.41, 5.74) is 0.0301. The molecule has 0 bridgehead atoms. The van der Waals surface area contributed by atoms with Gasteiger partial charge in [0.05, 0.1) is 10.7 Å². The molecule has 1 amide bonds. The molecule has 0 saturated heterocycles. The van der Waals surface area contributed by atoms with E-state index in [0.717, 1.165) is 4.68 Å². The van der Waals surface area contributed by atoms with E-state index in [1.54, 1.807) is 19.9 Å². The Morgan fingerprint density at radius 3 is 2.73 bits per heavy atom. The van der Waals surface area contributed by atoms with Gasteiger partial charge in [-0.2, -0.15) is 18.3 Å². The Balaban J connectivity index is 1.78. The highest BCUT2D eigenvalue weighted by atomic mass is 35.5. The van der Waals surface area contributed by atoms with Gasteiger partial charge in [-0.1, -0.05) is 11.6 Å². The van der Waals surface area contributed by atoms with Gasteiger partial charge in [-0.05, 0) is 37.6 Å². The summed E-state index contributed by atoms with van der Waals surface area (Å²) in [6.07, 6.45) is -3.42. The van der Waals surface area contributed by atoms with Crippen LogP contribution in [0.4, 0.5) is 18.9 Å². The van der Waals surface area contributed by atoms with Crippen molar-refractivity contribution in [1.82, 2.24) is 14.8 Å². The number of nitrogens with one attached hydrogen (secondary N) is 1. The summed E-state index contributed by atoms with van der Waals surface area (Å²) in [7, 11) is 0. The van der Waals surface area contributed by atoms with E-state index >= 15 is 0 Å². The zero-order valence-electron chi connectivity index (χ0n) is 15.7. The zero-order valence-corrected chi connectivity index (χ0v) is 16.4. The number of rotatable bonds is 3. The Labute approximate surface area is 173 Å². The first-order valence-corrected chi connectivity index (χ1v) is 9.04. The van der Waals surface area contributed by atoms with Crippen molar-refractivity contribution in [1.29, 1.82) is 0 Å². The minimum Gasteiger partial charge on any atom is -0.454 e. The number of ether oxygens (including phenoxy) is 2. The van der Waals surface area contributed by atoms with E-state index in [2.05, 4.69) is 15.4 Å². The Hall–Kier alpha value is -3.27. The number of alkyl halides is 3. The fourth-order valence-electron chi connectivity index (χ4n) is 3.11. The van der Waals surface area contributed by atoms with Gasteiger partial charge in [0.2, 0.25) is 6.79 Å². The van der Waals surface area contributed by atoms with Crippen molar-refractivity contribution < 1.29 is 27.4 Å². The van der Waals surface area contributed by atoms with Crippen LogP contribution in [-0.4, -0.2) is 27.5 Å². The van der Waals surface area contributed by atoms with Crippen LogP contribution < -0.4 is 14.8 Å². The fourth-order valence-corrected chi connectivity index (χ4v) is 3.31. The lowest BCUT2D eigenvalue weighted by atomic mass is 10.1. The van der Waals surface area contributed by atoms with E-state index in [1.807, 2.05) is 0 Å². The number of benzene rings is 1. The lowest BCUT2D eigenvalue weighted by Gasteiger charge is -2.14. The summed E-state index contributed by atoms with van der Waals surface area (Å²) in [4.78, 5) is 16.9. The van der Waals surface area contributed by atoms with Crippen molar-refractivity contribution in [3.05, 3.63) is 58.0 Å². The van der Waals surface area contributed by atoms with Crippen molar-refractivity contribution in [2.24, 2.45) is 0 Å². The maximum atomic E-state index is 13.3. The van der Waals surface area contributed by atoms with Gasteiger partial charge in [-0.25, -0.2) is 9.67 Å². The molecule has 0 saturated carbocycles. The molecule has 1 aliphatic heterocycles. The molecule has 30 heavy (non-hydrogen) atoms. The minimum atomic E-state index is -4.76. The van der Waals surface area contributed by atoms with Crippen LogP contribution >= 0.6 is 11.6 Å². The van der Waals surface area contributed by atoms with Crippen LogP contribution in [0.1, 0.15) is 27.3 Å². The first-order chi connectivity index (χ1) is 14.2.